The molecule has 162 valence electrons. The maximum Gasteiger partial charge on any atom is 0.416 e. The SMILES string of the molecule is C#CC(CC)(CC)NC(=O)Cn1cnc2c(cnn2-c2cccc(C(F)(F)F)c2)c1=O. The van der Waals surface area contributed by atoms with E-state index in [0.717, 1.165) is 27.7 Å². The van der Waals surface area contributed by atoms with Crippen molar-refractivity contribution in [1.29, 1.82) is 0 Å². The molecule has 2 heterocycles. The highest BCUT2D eigenvalue weighted by Crippen LogP contribution is 2.30. The molecule has 0 saturated heterocycles. The fourth-order valence-electron chi connectivity index (χ4n) is 3.19. The Morgan fingerprint density at radius 3 is 2.58 bits per heavy atom. The maximum atomic E-state index is 13.0. The fourth-order valence-corrected chi connectivity index (χ4v) is 3.19. The number of hydrogen-bond donors (Lipinski definition) is 1. The Morgan fingerprint density at radius 2 is 1.97 bits per heavy atom. The average molecular weight is 431 g/mol. The molecule has 1 amide bonds. The number of alkyl halides is 3. The summed E-state index contributed by atoms with van der Waals surface area (Å²) in [6, 6.07) is 4.53. The highest BCUT2D eigenvalue weighted by atomic mass is 19.4. The van der Waals surface area contributed by atoms with Crippen LogP contribution < -0.4 is 10.9 Å². The van der Waals surface area contributed by atoms with Crippen LogP contribution in [0.2, 0.25) is 0 Å². The third-order valence-corrected chi connectivity index (χ3v) is 5.15. The Kier molecular flexibility index (Phi) is 5.88. The Hall–Kier alpha value is -3.61. The van der Waals surface area contributed by atoms with Crippen molar-refractivity contribution in [1.82, 2.24) is 24.6 Å². The van der Waals surface area contributed by atoms with E-state index in [-0.39, 0.29) is 23.3 Å². The van der Waals surface area contributed by atoms with Crippen LogP contribution in [0, 0.1) is 12.3 Å². The number of fused-ring (bicyclic) bond motifs is 1. The predicted molar refractivity (Wildman–Crippen MR) is 108 cm³/mol. The van der Waals surface area contributed by atoms with Crippen LogP contribution in [-0.2, 0) is 17.5 Å². The van der Waals surface area contributed by atoms with E-state index in [1.54, 1.807) is 0 Å². The van der Waals surface area contributed by atoms with E-state index in [9.17, 15) is 22.8 Å². The van der Waals surface area contributed by atoms with Gasteiger partial charge >= 0.3 is 6.18 Å². The molecule has 1 aromatic carbocycles. The summed E-state index contributed by atoms with van der Waals surface area (Å²) in [7, 11) is 0. The third-order valence-electron chi connectivity index (χ3n) is 5.15. The zero-order chi connectivity index (χ0) is 22.8. The van der Waals surface area contributed by atoms with Crippen LogP contribution in [0.1, 0.15) is 32.3 Å². The number of aromatic nitrogens is 4. The minimum Gasteiger partial charge on any atom is -0.338 e. The first-order chi connectivity index (χ1) is 14.6. The Labute approximate surface area is 175 Å². The second-order valence-electron chi connectivity index (χ2n) is 7.00. The van der Waals surface area contributed by atoms with Gasteiger partial charge in [0.2, 0.25) is 5.91 Å². The van der Waals surface area contributed by atoms with Crippen LogP contribution in [0.5, 0.6) is 0 Å². The third kappa shape index (κ3) is 4.30. The number of nitrogens with zero attached hydrogens (tertiary/aromatic N) is 4. The number of benzene rings is 1. The normalized spacial score (nSPS) is 12.0. The minimum absolute atomic E-state index is 0.0712. The first-order valence-electron chi connectivity index (χ1n) is 9.53. The zero-order valence-corrected chi connectivity index (χ0v) is 16.9. The molecule has 0 aliphatic heterocycles. The largest absolute Gasteiger partial charge is 0.416 e. The van der Waals surface area contributed by atoms with E-state index in [4.69, 9.17) is 6.42 Å². The van der Waals surface area contributed by atoms with E-state index >= 15 is 0 Å². The second kappa shape index (κ2) is 8.26. The molecule has 0 fully saturated rings. The van der Waals surface area contributed by atoms with Gasteiger partial charge in [-0.25, -0.2) is 9.67 Å². The van der Waals surface area contributed by atoms with Crippen molar-refractivity contribution in [3.05, 3.63) is 52.7 Å². The number of nitrogens with one attached hydrogen (secondary N) is 1. The monoisotopic (exact) mass is 431 g/mol. The second-order valence-corrected chi connectivity index (χ2v) is 7.00. The van der Waals surface area contributed by atoms with Crippen molar-refractivity contribution >= 4 is 16.9 Å². The van der Waals surface area contributed by atoms with Crippen LogP contribution in [-0.4, -0.2) is 30.8 Å². The van der Waals surface area contributed by atoms with Gasteiger partial charge in [-0.2, -0.15) is 18.3 Å². The molecule has 0 aliphatic rings. The van der Waals surface area contributed by atoms with Gasteiger partial charge in [-0.3, -0.25) is 14.2 Å². The number of halogens is 3. The molecule has 0 unspecified atom stereocenters. The molecule has 10 heteroatoms. The summed E-state index contributed by atoms with van der Waals surface area (Å²) in [5.74, 6) is 2.14. The smallest absolute Gasteiger partial charge is 0.338 e. The summed E-state index contributed by atoms with van der Waals surface area (Å²) in [4.78, 5) is 29.4. The van der Waals surface area contributed by atoms with Crippen molar-refractivity contribution in [3.8, 4) is 18.0 Å². The van der Waals surface area contributed by atoms with Gasteiger partial charge in [0.1, 0.15) is 23.8 Å². The van der Waals surface area contributed by atoms with Gasteiger partial charge in [0.15, 0.2) is 5.65 Å². The summed E-state index contributed by atoms with van der Waals surface area (Å²) in [5.41, 5.74) is -2.00. The number of carbonyl (C=O) groups excluding carboxylic acids is 1. The minimum atomic E-state index is -4.52. The molecule has 0 radical (unpaired) electrons. The molecule has 0 saturated carbocycles. The summed E-state index contributed by atoms with van der Waals surface area (Å²) >= 11 is 0. The van der Waals surface area contributed by atoms with E-state index in [1.807, 2.05) is 13.8 Å². The van der Waals surface area contributed by atoms with Gasteiger partial charge in [0.05, 0.1) is 17.4 Å². The Morgan fingerprint density at radius 1 is 1.26 bits per heavy atom. The Balaban J connectivity index is 1.93. The van der Waals surface area contributed by atoms with E-state index in [1.165, 1.54) is 18.3 Å². The van der Waals surface area contributed by atoms with Crippen molar-refractivity contribution in [2.45, 2.75) is 44.9 Å². The van der Waals surface area contributed by atoms with Crippen LogP contribution >= 0.6 is 0 Å². The molecular weight excluding hydrogens is 411 g/mol. The van der Waals surface area contributed by atoms with Gasteiger partial charge in [-0.1, -0.05) is 25.8 Å². The number of terminal acetylenes is 1. The molecule has 0 aliphatic carbocycles. The quantitative estimate of drug-likeness (QED) is 0.609. The van der Waals surface area contributed by atoms with Crippen molar-refractivity contribution in [2.75, 3.05) is 0 Å². The van der Waals surface area contributed by atoms with Gasteiger partial charge in [0, 0.05) is 0 Å². The molecule has 3 aromatic rings. The summed E-state index contributed by atoms with van der Waals surface area (Å²) in [5, 5.41) is 6.85. The molecule has 7 nitrogen and oxygen atoms in total. The molecule has 1 N–H and O–H groups in total. The lowest BCUT2D eigenvalue weighted by atomic mass is 9.94. The summed E-state index contributed by atoms with van der Waals surface area (Å²) < 4.78 is 41.3. The van der Waals surface area contributed by atoms with Gasteiger partial charge in [-0.05, 0) is 31.0 Å². The van der Waals surface area contributed by atoms with Crippen molar-refractivity contribution in [3.63, 3.8) is 0 Å². The number of hydrogen-bond acceptors (Lipinski definition) is 4. The van der Waals surface area contributed by atoms with Crippen LogP contribution in [0.25, 0.3) is 16.7 Å². The lowest BCUT2D eigenvalue weighted by molar-refractivity contribution is -0.137. The molecule has 0 spiro atoms. The highest BCUT2D eigenvalue weighted by Gasteiger charge is 2.31. The lowest BCUT2D eigenvalue weighted by Crippen LogP contribution is -2.48. The molecule has 0 atom stereocenters. The van der Waals surface area contributed by atoms with Crippen LogP contribution in [0.4, 0.5) is 13.2 Å². The average Bonchev–Trinajstić information content (AvgIpc) is 3.18. The highest BCUT2D eigenvalue weighted by molar-refractivity contribution is 5.78. The van der Waals surface area contributed by atoms with Crippen LogP contribution in [0.15, 0.2) is 41.6 Å². The number of rotatable bonds is 6. The molecule has 31 heavy (non-hydrogen) atoms. The van der Waals surface area contributed by atoms with Crippen molar-refractivity contribution in [2.24, 2.45) is 0 Å². The fraction of sp³-hybridized carbons (Fsp3) is 0.333. The van der Waals surface area contributed by atoms with E-state index < -0.39 is 28.7 Å². The number of amides is 1. The van der Waals surface area contributed by atoms with Gasteiger partial charge in [-0.15, -0.1) is 6.42 Å². The van der Waals surface area contributed by atoms with E-state index in [2.05, 4.69) is 21.3 Å². The van der Waals surface area contributed by atoms with Gasteiger partial charge < -0.3 is 5.32 Å². The molecule has 2 aromatic heterocycles. The molecule has 3 rings (SSSR count). The van der Waals surface area contributed by atoms with E-state index in [0.29, 0.717) is 12.8 Å². The predicted octanol–water partition coefficient (Wildman–Crippen LogP) is 2.91. The van der Waals surface area contributed by atoms with Gasteiger partial charge in [0.25, 0.3) is 5.56 Å². The van der Waals surface area contributed by atoms with Crippen molar-refractivity contribution < 1.29 is 18.0 Å². The first-order valence-corrected chi connectivity index (χ1v) is 9.53. The summed E-state index contributed by atoms with van der Waals surface area (Å²) in [6.07, 6.45) is 4.46. The number of carbonyl (C=O) groups is 1. The zero-order valence-electron chi connectivity index (χ0n) is 16.9. The Bertz CT molecular complexity index is 1220. The standard InChI is InChI=1S/C21H20F3N5O2/c1-4-20(5-2,6-3)27-17(30)12-28-13-25-18-16(19(28)31)11-26-29(18)15-9-7-8-14(10-15)21(22,23)24/h1,7-11,13H,5-6,12H2,2-3H3,(H,27,30). The lowest BCUT2D eigenvalue weighted by Gasteiger charge is -2.27. The molecule has 0 bridgehead atoms. The first kappa shape index (κ1) is 22.1. The van der Waals surface area contributed by atoms with Crippen LogP contribution in [0.3, 0.4) is 0 Å². The summed E-state index contributed by atoms with van der Waals surface area (Å²) in [6.45, 7) is 3.40. The maximum absolute atomic E-state index is 13.0. The topological polar surface area (TPSA) is 81.8 Å². The molecular formula is C21H20F3N5O2.